The smallest absolute Gasteiger partial charge is 0.233 e. The lowest BCUT2D eigenvalue weighted by Crippen LogP contribution is -2.32. The normalized spacial score (nSPS) is 11.1. The van der Waals surface area contributed by atoms with Crippen LogP contribution >= 0.6 is 11.3 Å². The highest BCUT2D eigenvalue weighted by atomic mass is 32.1. The van der Waals surface area contributed by atoms with Crippen molar-refractivity contribution in [3.63, 3.8) is 0 Å². The van der Waals surface area contributed by atoms with Crippen molar-refractivity contribution in [2.24, 2.45) is 0 Å². The molecule has 0 spiro atoms. The fraction of sp³-hybridized carbons (Fsp3) is 0.208. The summed E-state index contributed by atoms with van der Waals surface area (Å²) in [5.74, 6) is -0.359. The van der Waals surface area contributed by atoms with Crippen LogP contribution < -0.4 is 4.90 Å². The summed E-state index contributed by atoms with van der Waals surface area (Å²) in [7, 11) is 0. The van der Waals surface area contributed by atoms with Gasteiger partial charge >= 0.3 is 0 Å². The monoisotopic (exact) mass is 419 g/mol. The molecule has 0 saturated heterocycles. The first kappa shape index (κ1) is 20.2. The minimum Gasteiger partial charge on any atom is -0.283 e. The Hall–Kier alpha value is -3.12. The third-order valence-corrected chi connectivity index (χ3v) is 6.14. The Bertz CT molecular complexity index is 1200. The summed E-state index contributed by atoms with van der Waals surface area (Å²) in [5.41, 5.74) is 6.02. The van der Waals surface area contributed by atoms with E-state index >= 15 is 0 Å². The summed E-state index contributed by atoms with van der Waals surface area (Å²) in [6, 6.07) is 12.5. The molecule has 0 saturated carbocycles. The largest absolute Gasteiger partial charge is 0.283 e. The van der Waals surface area contributed by atoms with E-state index in [-0.39, 0.29) is 18.1 Å². The minimum absolute atomic E-state index is 0.0477. The Morgan fingerprint density at radius 3 is 2.57 bits per heavy atom. The van der Waals surface area contributed by atoms with E-state index in [4.69, 9.17) is 0 Å². The van der Waals surface area contributed by atoms with E-state index in [1.54, 1.807) is 23.4 Å². The molecule has 2 aromatic carbocycles. The first-order valence-electron chi connectivity index (χ1n) is 9.73. The molecule has 2 heterocycles. The van der Waals surface area contributed by atoms with E-state index in [0.717, 1.165) is 27.0 Å². The first-order chi connectivity index (χ1) is 14.4. The highest BCUT2D eigenvalue weighted by molar-refractivity contribution is 7.22. The second-order valence-electron chi connectivity index (χ2n) is 7.50. The van der Waals surface area contributed by atoms with E-state index in [1.165, 1.54) is 29.0 Å². The molecule has 0 unspecified atom stereocenters. The van der Waals surface area contributed by atoms with Crippen molar-refractivity contribution in [3.8, 4) is 0 Å². The lowest BCUT2D eigenvalue weighted by atomic mass is 9.97. The zero-order valence-electron chi connectivity index (χ0n) is 17.1. The molecule has 0 radical (unpaired) electrons. The molecule has 4 rings (SSSR count). The summed E-state index contributed by atoms with van der Waals surface area (Å²) >= 11 is 1.32. The van der Waals surface area contributed by atoms with Crippen LogP contribution in [0.3, 0.4) is 0 Å². The number of fused-ring (bicyclic) bond motifs is 1. The molecule has 0 fully saturated rings. The molecule has 30 heavy (non-hydrogen) atoms. The second kappa shape index (κ2) is 8.32. The molecule has 4 aromatic rings. The van der Waals surface area contributed by atoms with Crippen LogP contribution in [0.2, 0.25) is 0 Å². The van der Waals surface area contributed by atoms with E-state index in [1.807, 2.05) is 26.0 Å². The highest BCUT2D eigenvalue weighted by Gasteiger charge is 2.22. The van der Waals surface area contributed by atoms with Crippen molar-refractivity contribution in [3.05, 3.63) is 88.5 Å². The third kappa shape index (κ3) is 4.24. The van der Waals surface area contributed by atoms with Crippen LogP contribution in [0.1, 0.15) is 27.8 Å². The lowest BCUT2D eigenvalue weighted by molar-refractivity contribution is -0.118. The number of hydrogen-bond acceptors (Lipinski definition) is 4. The summed E-state index contributed by atoms with van der Waals surface area (Å²) in [4.78, 5) is 23.9. The number of hydrogen-bond donors (Lipinski definition) is 0. The Balaban J connectivity index is 1.71. The Kier molecular flexibility index (Phi) is 5.59. The highest BCUT2D eigenvalue weighted by Crippen LogP contribution is 2.31. The lowest BCUT2D eigenvalue weighted by Gasteiger charge is -2.21. The van der Waals surface area contributed by atoms with Crippen LogP contribution in [0.15, 0.2) is 54.9 Å². The number of pyridine rings is 1. The van der Waals surface area contributed by atoms with Crippen LogP contribution in [0.5, 0.6) is 0 Å². The second-order valence-corrected chi connectivity index (χ2v) is 8.51. The molecular weight excluding hydrogens is 397 g/mol. The van der Waals surface area contributed by atoms with Gasteiger partial charge in [0.25, 0.3) is 0 Å². The van der Waals surface area contributed by atoms with Gasteiger partial charge in [0.2, 0.25) is 5.91 Å². The van der Waals surface area contributed by atoms with Crippen LogP contribution in [-0.2, 0) is 17.8 Å². The molecule has 0 atom stereocenters. The zero-order valence-corrected chi connectivity index (χ0v) is 18.0. The van der Waals surface area contributed by atoms with E-state index in [0.29, 0.717) is 17.2 Å². The molecular formula is C24H22FN3OS. The van der Waals surface area contributed by atoms with Gasteiger partial charge in [0.15, 0.2) is 5.13 Å². The van der Waals surface area contributed by atoms with E-state index in [9.17, 15) is 9.18 Å². The Morgan fingerprint density at radius 2 is 1.87 bits per heavy atom. The number of nitrogens with zero attached hydrogens (tertiary/aromatic N) is 3. The molecule has 2 aromatic heterocycles. The Morgan fingerprint density at radius 1 is 1.10 bits per heavy atom. The van der Waals surface area contributed by atoms with E-state index in [2.05, 4.69) is 29.0 Å². The van der Waals surface area contributed by atoms with Crippen molar-refractivity contribution in [1.29, 1.82) is 0 Å². The average Bonchev–Trinajstić information content (AvgIpc) is 3.12. The molecule has 152 valence electrons. The quantitative estimate of drug-likeness (QED) is 0.427. The number of aryl methyl sites for hydroxylation is 3. The number of amides is 1. The van der Waals surface area contributed by atoms with Crippen LogP contribution in [0.4, 0.5) is 9.52 Å². The molecule has 0 aliphatic heterocycles. The van der Waals surface area contributed by atoms with Gasteiger partial charge in [0.05, 0.1) is 23.2 Å². The van der Waals surface area contributed by atoms with Gasteiger partial charge in [0.1, 0.15) is 5.82 Å². The third-order valence-electron chi connectivity index (χ3n) is 5.10. The van der Waals surface area contributed by atoms with Gasteiger partial charge in [-0.3, -0.25) is 14.7 Å². The summed E-state index contributed by atoms with van der Waals surface area (Å²) in [6.07, 6.45) is 3.73. The summed E-state index contributed by atoms with van der Waals surface area (Å²) in [6.45, 7) is 6.49. The van der Waals surface area contributed by atoms with Crippen LogP contribution in [0.25, 0.3) is 10.2 Å². The van der Waals surface area contributed by atoms with Gasteiger partial charge in [-0.15, -0.1) is 0 Å². The topological polar surface area (TPSA) is 46.1 Å². The van der Waals surface area contributed by atoms with Gasteiger partial charge in [-0.05, 0) is 67.3 Å². The SMILES string of the molecule is Cc1cc(C)c(CC(=O)N(Cc2cccnc2)c2nc3ccc(F)cc3s2)c(C)c1. The van der Waals surface area contributed by atoms with Crippen LogP contribution in [-0.4, -0.2) is 15.9 Å². The maximum atomic E-state index is 13.7. The predicted octanol–water partition coefficient (Wildman–Crippen LogP) is 5.53. The summed E-state index contributed by atoms with van der Waals surface area (Å²) in [5, 5.41) is 0.562. The van der Waals surface area contributed by atoms with Gasteiger partial charge in [-0.1, -0.05) is 35.1 Å². The average molecular weight is 420 g/mol. The zero-order chi connectivity index (χ0) is 21.3. The maximum Gasteiger partial charge on any atom is 0.233 e. The summed E-state index contributed by atoms with van der Waals surface area (Å²) < 4.78 is 14.4. The number of carbonyl (C=O) groups is 1. The van der Waals surface area contributed by atoms with Gasteiger partial charge in [-0.25, -0.2) is 9.37 Å². The Labute approximate surface area is 179 Å². The van der Waals surface area contributed by atoms with Crippen molar-refractivity contribution >= 4 is 32.6 Å². The fourth-order valence-electron chi connectivity index (χ4n) is 3.67. The van der Waals surface area contributed by atoms with Crippen molar-refractivity contribution < 1.29 is 9.18 Å². The molecule has 1 amide bonds. The maximum absolute atomic E-state index is 13.7. The molecule has 6 heteroatoms. The number of rotatable bonds is 5. The van der Waals surface area contributed by atoms with Crippen molar-refractivity contribution in [2.45, 2.75) is 33.7 Å². The van der Waals surface area contributed by atoms with Crippen LogP contribution in [0, 0.1) is 26.6 Å². The number of thiazole rings is 1. The molecule has 0 aliphatic rings. The number of anilines is 1. The molecule has 0 bridgehead atoms. The standard InChI is InChI=1S/C24H22FN3OS/c1-15-9-16(2)20(17(3)10-15)12-23(29)28(14-18-5-4-8-26-13-18)24-27-21-7-6-19(25)11-22(21)30-24/h4-11,13H,12,14H2,1-3H3. The van der Waals surface area contributed by atoms with Crippen molar-refractivity contribution in [2.75, 3.05) is 4.90 Å². The minimum atomic E-state index is -0.311. The van der Waals surface area contributed by atoms with Gasteiger partial charge in [0, 0.05) is 12.4 Å². The first-order valence-corrected chi connectivity index (χ1v) is 10.5. The fourth-order valence-corrected chi connectivity index (χ4v) is 4.68. The van der Waals surface area contributed by atoms with E-state index < -0.39 is 0 Å². The molecule has 0 N–H and O–H groups in total. The number of benzene rings is 2. The van der Waals surface area contributed by atoms with Gasteiger partial charge in [-0.2, -0.15) is 0 Å². The molecule has 0 aliphatic carbocycles. The molecule has 4 nitrogen and oxygen atoms in total. The number of aromatic nitrogens is 2. The number of carbonyl (C=O) groups excluding carboxylic acids is 1. The number of halogens is 1. The van der Waals surface area contributed by atoms with Crippen molar-refractivity contribution in [1.82, 2.24) is 9.97 Å². The predicted molar refractivity (Wildman–Crippen MR) is 119 cm³/mol. The van der Waals surface area contributed by atoms with Gasteiger partial charge < -0.3 is 0 Å².